The molecule has 1 aliphatic rings. The molecule has 0 aromatic heterocycles. The van der Waals surface area contributed by atoms with Crippen LogP contribution in [0.2, 0.25) is 0 Å². The average Bonchev–Trinajstić information content (AvgIpc) is 2.92. The van der Waals surface area contributed by atoms with E-state index < -0.39 is 6.61 Å². The van der Waals surface area contributed by atoms with E-state index in [1.165, 1.54) is 0 Å². The number of nitrogens with one attached hydrogen (secondary N) is 1. The third kappa shape index (κ3) is 4.54. The van der Waals surface area contributed by atoms with Gasteiger partial charge in [0.05, 0.1) is 12.5 Å². The number of benzene rings is 1. The Morgan fingerprint density at radius 2 is 2.10 bits per heavy atom. The molecule has 2 rings (SSSR count). The van der Waals surface area contributed by atoms with Crippen molar-refractivity contribution < 1.29 is 23.0 Å². The van der Waals surface area contributed by atoms with Gasteiger partial charge in [-0.2, -0.15) is 8.78 Å². The number of rotatable bonds is 6. The van der Waals surface area contributed by atoms with Crippen LogP contribution in [0.25, 0.3) is 0 Å². The SMILES string of the molecule is O=C(OCc1ccccc1)[C@H]1CN[C@H](COC(F)F)C1. The third-order valence-corrected chi connectivity index (χ3v) is 3.20. The molecule has 1 aliphatic heterocycles. The molecule has 0 unspecified atom stereocenters. The molecule has 4 nitrogen and oxygen atoms in total. The monoisotopic (exact) mass is 285 g/mol. The van der Waals surface area contributed by atoms with Crippen molar-refractivity contribution in [2.24, 2.45) is 5.92 Å². The Bertz CT molecular complexity index is 428. The third-order valence-electron chi connectivity index (χ3n) is 3.20. The largest absolute Gasteiger partial charge is 0.461 e. The number of halogens is 2. The molecule has 2 atom stereocenters. The van der Waals surface area contributed by atoms with E-state index in [1.807, 2.05) is 30.3 Å². The minimum atomic E-state index is -2.78. The molecule has 0 saturated carbocycles. The number of esters is 1. The normalized spacial score (nSPS) is 22.1. The van der Waals surface area contributed by atoms with E-state index >= 15 is 0 Å². The number of hydrogen-bond donors (Lipinski definition) is 1. The van der Waals surface area contributed by atoms with Crippen molar-refractivity contribution in [3.63, 3.8) is 0 Å². The average molecular weight is 285 g/mol. The Labute approximate surface area is 116 Å². The standard InChI is InChI=1S/C14H17F2NO3/c15-14(16)20-9-12-6-11(7-17-12)13(18)19-8-10-4-2-1-3-5-10/h1-5,11-12,14,17H,6-9H2/t11-,12+/m1/s1. The summed E-state index contributed by atoms with van der Waals surface area (Å²) in [4.78, 5) is 11.9. The Morgan fingerprint density at radius 1 is 1.35 bits per heavy atom. The van der Waals surface area contributed by atoms with E-state index in [1.54, 1.807) is 0 Å². The fraction of sp³-hybridized carbons (Fsp3) is 0.500. The van der Waals surface area contributed by atoms with Crippen LogP contribution in [-0.4, -0.2) is 31.8 Å². The van der Waals surface area contributed by atoms with Crippen LogP contribution in [0, 0.1) is 5.92 Å². The zero-order valence-electron chi connectivity index (χ0n) is 10.9. The highest BCUT2D eigenvalue weighted by Crippen LogP contribution is 2.17. The maximum Gasteiger partial charge on any atom is 0.345 e. The second kappa shape index (κ2) is 7.31. The maximum atomic E-state index is 11.9. The van der Waals surface area contributed by atoms with Crippen LogP contribution >= 0.6 is 0 Å². The van der Waals surface area contributed by atoms with Gasteiger partial charge in [-0.3, -0.25) is 4.79 Å². The van der Waals surface area contributed by atoms with Crippen LogP contribution < -0.4 is 5.32 Å². The van der Waals surface area contributed by atoms with Gasteiger partial charge in [0.15, 0.2) is 0 Å². The predicted molar refractivity (Wildman–Crippen MR) is 68.1 cm³/mol. The van der Waals surface area contributed by atoms with Gasteiger partial charge in [0.1, 0.15) is 6.61 Å². The lowest BCUT2D eigenvalue weighted by Gasteiger charge is -2.11. The molecule has 0 amide bonds. The van der Waals surface area contributed by atoms with E-state index in [4.69, 9.17) is 4.74 Å². The lowest BCUT2D eigenvalue weighted by Crippen LogP contribution is -2.27. The van der Waals surface area contributed by atoms with E-state index in [0.29, 0.717) is 13.0 Å². The fourth-order valence-corrected chi connectivity index (χ4v) is 2.16. The number of carbonyl (C=O) groups is 1. The van der Waals surface area contributed by atoms with Crippen molar-refractivity contribution in [1.29, 1.82) is 0 Å². The molecular formula is C14H17F2NO3. The molecule has 0 radical (unpaired) electrons. The lowest BCUT2D eigenvalue weighted by atomic mass is 10.1. The van der Waals surface area contributed by atoms with E-state index in [2.05, 4.69) is 10.1 Å². The van der Waals surface area contributed by atoms with Crippen molar-refractivity contribution >= 4 is 5.97 Å². The summed E-state index contributed by atoms with van der Waals surface area (Å²) in [7, 11) is 0. The topological polar surface area (TPSA) is 47.6 Å². The number of carbonyl (C=O) groups excluding carboxylic acids is 1. The van der Waals surface area contributed by atoms with Gasteiger partial charge in [-0.05, 0) is 12.0 Å². The Kier molecular flexibility index (Phi) is 5.43. The van der Waals surface area contributed by atoms with Crippen molar-refractivity contribution in [3.05, 3.63) is 35.9 Å². The molecule has 1 heterocycles. The quantitative estimate of drug-likeness (QED) is 0.812. The summed E-state index contributed by atoms with van der Waals surface area (Å²) < 4.78 is 33.3. The summed E-state index contributed by atoms with van der Waals surface area (Å²) in [5.41, 5.74) is 0.921. The summed E-state index contributed by atoms with van der Waals surface area (Å²) >= 11 is 0. The zero-order valence-corrected chi connectivity index (χ0v) is 10.9. The lowest BCUT2D eigenvalue weighted by molar-refractivity contribution is -0.149. The van der Waals surface area contributed by atoms with Crippen LogP contribution in [0.1, 0.15) is 12.0 Å². The zero-order chi connectivity index (χ0) is 14.4. The molecule has 6 heteroatoms. The molecular weight excluding hydrogens is 268 g/mol. The molecule has 110 valence electrons. The van der Waals surface area contributed by atoms with Gasteiger partial charge in [0.2, 0.25) is 0 Å². The summed E-state index contributed by atoms with van der Waals surface area (Å²) in [5, 5.41) is 2.98. The molecule has 1 N–H and O–H groups in total. The van der Waals surface area contributed by atoms with Gasteiger partial charge in [-0.25, -0.2) is 0 Å². The highest BCUT2D eigenvalue weighted by atomic mass is 19.3. The number of alkyl halides is 2. The summed E-state index contributed by atoms with van der Waals surface area (Å²) in [6.45, 7) is -2.21. The van der Waals surface area contributed by atoms with Crippen LogP contribution in [0.5, 0.6) is 0 Å². The van der Waals surface area contributed by atoms with Gasteiger partial charge in [0.25, 0.3) is 0 Å². The molecule has 1 aromatic carbocycles. The van der Waals surface area contributed by atoms with Crippen LogP contribution in [-0.2, 0) is 20.9 Å². The van der Waals surface area contributed by atoms with E-state index in [9.17, 15) is 13.6 Å². The van der Waals surface area contributed by atoms with Crippen LogP contribution in [0.3, 0.4) is 0 Å². The van der Waals surface area contributed by atoms with Gasteiger partial charge < -0.3 is 14.8 Å². The van der Waals surface area contributed by atoms with Crippen molar-refractivity contribution in [2.75, 3.05) is 13.2 Å². The molecule has 1 fully saturated rings. The van der Waals surface area contributed by atoms with Crippen molar-refractivity contribution in [3.8, 4) is 0 Å². The second-order valence-corrected chi connectivity index (χ2v) is 4.73. The van der Waals surface area contributed by atoms with Crippen molar-refractivity contribution in [2.45, 2.75) is 25.7 Å². The molecule has 0 spiro atoms. The fourth-order valence-electron chi connectivity index (χ4n) is 2.16. The first-order chi connectivity index (χ1) is 9.65. The van der Waals surface area contributed by atoms with Gasteiger partial charge in [-0.15, -0.1) is 0 Å². The van der Waals surface area contributed by atoms with Gasteiger partial charge >= 0.3 is 12.6 Å². The Morgan fingerprint density at radius 3 is 2.80 bits per heavy atom. The first kappa shape index (κ1) is 14.9. The summed E-state index contributed by atoms with van der Waals surface area (Å²) in [6.07, 6.45) is 0.459. The maximum absolute atomic E-state index is 11.9. The van der Waals surface area contributed by atoms with Crippen LogP contribution in [0.15, 0.2) is 30.3 Å². The number of hydrogen-bond acceptors (Lipinski definition) is 4. The van der Waals surface area contributed by atoms with Gasteiger partial charge in [-0.1, -0.05) is 30.3 Å². The summed E-state index contributed by atoms with van der Waals surface area (Å²) in [5.74, 6) is -0.606. The minimum Gasteiger partial charge on any atom is -0.461 e. The molecule has 20 heavy (non-hydrogen) atoms. The first-order valence-corrected chi connectivity index (χ1v) is 6.49. The summed E-state index contributed by atoms with van der Waals surface area (Å²) in [6, 6.07) is 9.16. The Hall–Kier alpha value is -1.53. The Balaban J connectivity index is 1.71. The van der Waals surface area contributed by atoms with Crippen LogP contribution in [0.4, 0.5) is 8.78 Å². The minimum absolute atomic E-state index is 0.0971. The molecule has 0 aliphatic carbocycles. The van der Waals surface area contributed by atoms with Gasteiger partial charge in [0, 0.05) is 12.6 Å². The molecule has 0 bridgehead atoms. The highest BCUT2D eigenvalue weighted by Gasteiger charge is 2.31. The predicted octanol–water partition coefficient (Wildman–Crippen LogP) is 1.95. The second-order valence-electron chi connectivity index (χ2n) is 4.73. The first-order valence-electron chi connectivity index (χ1n) is 6.49. The molecule has 1 saturated heterocycles. The smallest absolute Gasteiger partial charge is 0.345 e. The number of ether oxygens (including phenoxy) is 2. The van der Waals surface area contributed by atoms with E-state index in [0.717, 1.165) is 5.56 Å². The van der Waals surface area contributed by atoms with Crippen molar-refractivity contribution in [1.82, 2.24) is 5.32 Å². The molecule has 1 aromatic rings. The highest BCUT2D eigenvalue weighted by molar-refractivity contribution is 5.73. The van der Waals surface area contributed by atoms with E-state index in [-0.39, 0.29) is 31.1 Å².